The number of aromatic amines is 1. The van der Waals surface area contributed by atoms with E-state index in [1.54, 1.807) is 10.6 Å². The fraction of sp³-hybridized carbons (Fsp3) is 0.200. The van der Waals surface area contributed by atoms with Crippen LogP contribution in [0.3, 0.4) is 0 Å². The van der Waals surface area contributed by atoms with E-state index in [-0.39, 0.29) is 5.56 Å². The van der Waals surface area contributed by atoms with Crippen LogP contribution in [0.1, 0.15) is 24.3 Å². The molecule has 0 atom stereocenters. The number of aromatic nitrogens is 3. The van der Waals surface area contributed by atoms with E-state index >= 15 is 0 Å². The number of fused-ring (bicyclic) bond motifs is 1. The first-order chi connectivity index (χ1) is 9.74. The maximum Gasteiger partial charge on any atom is 0.260 e. The number of hydrogen-bond acceptors (Lipinski definition) is 2. The van der Waals surface area contributed by atoms with Crippen molar-refractivity contribution in [2.75, 3.05) is 0 Å². The molecule has 4 rings (SSSR count). The van der Waals surface area contributed by atoms with Crippen LogP contribution < -0.4 is 5.56 Å². The van der Waals surface area contributed by atoms with Gasteiger partial charge < -0.3 is 4.98 Å². The molecule has 2 heterocycles. The zero-order valence-electron chi connectivity index (χ0n) is 10.6. The van der Waals surface area contributed by atoms with Gasteiger partial charge in [-0.15, -0.1) is 0 Å². The Balaban J connectivity index is 1.90. The van der Waals surface area contributed by atoms with E-state index in [0.29, 0.717) is 16.2 Å². The Labute approximate surface area is 120 Å². The Morgan fingerprint density at radius 2 is 2.00 bits per heavy atom. The number of nitrogens with zero attached hydrogens (tertiary/aromatic N) is 2. The standard InChI is InChI=1S/C15H12ClN3O/c16-13-7-12-14(17-8-18-15(12)20)19(13)11-5-3-10(4-6-11)9-1-2-9/h3-9H,1-2H2,(H,17,18,20). The van der Waals surface area contributed by atoms with E-state index in [1.807, 2.05) is 12.1 Å². The lowest BCUT2D eigenvalue weighted by atomic mass is 10.1. The largest absolute Gasteiger partial charge is 0.313 e. The summed E-state index contributed by atoms with van der Waals surface area (Å²) in [5.41, 5.74) is 2.70. The minimum atomic E-state index is -0.176. The third-order valence-corrected chi connectivity index (χ3v) is 4.04. The van der Waals surface area contributed by atoms with Crippen molar-refractivity contribution in [3.05, 3.63) is 57.7 Å². The van der Waals surface area contributed by atoms with Crippen molar-refractivity contribution >= 4 is 22.6 Å². The van der Waals surface area contributed by atoms with Gasteiger partial charge in [-0.05, 0) is 42.5 Å². The molecule has 0 saturated heterocycles. The molecular weight excluding hydrogens is 274 g/mol. The van der Waals surface area contributed by atoms with Crippen LogP contribution in [0.25, 0.3) is 16.7 Å². The maximum atomic E-state index is 11.8. The Bertz CT molecular complexity index is 844. The van der Waals surface area contributed by atoms with Gasteiger partial charge in [0.05, 0.1) is 11.7 Å². The van der Waals surface area contributed by atoms with Gasteiger partial charge in [-0.3, -0.25) is 9.36 Å². The molecule has 1 aliphatic carbocycles. The third-order valence-electron chi connectivity index (χ3n) is 3.76. The zero-order valence-corrected chi connectivity index (χ0v) is 11.4. The second-order valence-electron chi connectivity index (χ2n) is 5.14. The van der Waals surface area contributed by atoms with Gasteiger partial charge in [0.25, 0.3) is 5.56 Å². The average Bonchev–Trinajstić information content (AvgIpc) is 3.23. The Kier molecular flexibility index (Phi) is 2.47. The first-order valence-electron chi connectivity index (χ1n) is 6.59. The molecule has 1 aliphatic rings. The summed E-state index contributed by atoms with van der Waals surface area (Å²) in [6.45, 7) is 0. The topological polar surface area (TPSA) is 50.7 Å². The van der Waals surface area contributed by atoms with Gasteiger partial charge in [-0.2, -0.15) is 0 Å². The van der Waals surface area contributed by atoms with Crippen molar-refractivity contribution in [2.24, 2.45) is 0 Å². The van der Waals surface area contributed by atoms with E-state index in [4.69, 9.17) is 11.6 Å². The summed E-state index contributed by atoms with van der Waals surface area (Å²) < 4.78 is 1.79. The molecule has 0 unspecified atom stereocenters. The molecule has 5 heteroatoms. The van der Waals surface area contributed by atoms with Gasteiger partial charge >= 0.3 is 0 Å². The quantitative estimate of drug-likeness (QED) is 0.786. The van der Waals surface area contributed by atoms with Crippen LogP contribution in [0.5, 0.6) is 0 Å². The number of benzene rings is 1. The number of nitrogens with one attached hydrogen (secondary N) is 1. The van der Waals surface area contributed by atoms with Gasteiger partial charge in [-0.1, -0.05) is 23.7 Å². The highest BCUT2D eigenvalue weighted by Crippen LogP contribution is 2.40. The molecule has 1 aromatic carbocycles. The first-order valence-corrected chi connectivity index (χ1v) is 6.97. The molecule has 0 bridgehead atoms. The summed E-state index contributed by atoms with van der Waals surface area (Å²) in [4.78, 5) is 18.6. The summed E-state index contributed by atoms with van der Waals surface area (Å²) in [7, 11) is 0. The van der Waals surface area contributed by atoms with Gasteiger partial charge in [0, 0.05) is 5.69 Å². The SMILES string of the molecule is O=c1[nH]cnc2c1cc(Cl)n2-c1ccc(C2CC2)cc1. The van der Waals surface area contributed by atoms with E-state index < -0.39 is 0 Å². The predicted molar refractivity (Wildman–Crippen MR) is 78.7 cm³/mol. The Morgan fingerprint density at radius 1 is 1.25 bits per heavy atom. The van der Waals surface area contributed by atoms with E-state index in [2.05, 4.69) is 22.1 Å². The second-order valence-corrected chi connectivity index (χ2v) is 5.52. The fourth-order valence-electron chi connectivity index (χ4n) is 2.55. The molecule has 1 saturated carbocycles. The smallest absolute Gasteiger partial charge is 0.260 e. The lowest BCUT2D eigenvalue weighted by molar-refractivity contribution is 1.06. The van der Waals surface area contributed by atoms with Crippen molar-refractivity contribution in [1.29, 1.82) is 0 Å². The molecule has 0 spiro atoms. The van der Waals surface area contributed by atoms with Crippen LogP contribution in [0, 0.1) is 0 Å². The van der Waals surface area contributed by atoms with E-state index in [9.17, 15) is 4.79 Å². The maximum absolute atomic E-state index is 11.8. The van der Waals surface area contributed by atoms with Crippen LogP contribution in [-0.2, 0) is 0 Å². The number of hydrogen-bond donors (Lipinski definition) is 1. The molecular formula is C15H12ClN3O. The summed E-state index contributed by atoms with van der Waals surface area (Å²) in [5, 5.41) is 0.993. The highest BCUT2D eigenvalue weighted by atomic mass is 35.5. The highest BCUT2D eigenvalue weighted by molar-refractivity contribution is 6.31. The normalized spacial score (nSPS) is 14.8. The van der Waals surface area contributed by atoms with Crippen LogP contribution in [-0.4, -0.2) is 14.5 Å². The summed E-state index contributed by atoms with van der Waals surface area (Å²) in [6, 6.07) is 9.96. The first kappa shape index (κ1) is 11.7. The predicted octanol–water partition coefficient (Wildman–Crippen LogP) is 3.24. The Hall–Kier alpha value is -2.07. The summed E-state index contributed by atoms with van der Waals surface area (Å²) in [6.07, 6.45) is 3.96. The van der Waals surface area contributed by atoms with Gasteiger partial charge in [0.1, 0.15) is 5.15 Å². The van der Waals surface area contributed by atoms with Crippen LogP contribution in [0.4, 0.5) is 0 Å². The minimum Gasteiger partial charge on any atom is -0.313 e. The fourth-order valence-corrected chi connectivity index (χ4v) is 2.84. The summed E-state index contributed by atoms with van der Waals surface area (Å²) >= 11 is 6.26. The van der Waals surface area contributed by atoms with Crippen LogP contribution in [0.15, 0.2) is 41.5 Å². The highest BCUT2D eigenvalue weighted by Gasteiger charge is 2.23. The van der Waals surface area contributed by atoms with Crippen molar-refractivity contribution < 1.29 is 0 Å². The summed E-state index contributed by atoms with van der Waals surface area (Å²) in [5.74, 6) is 0.724. The number of H-pyrrole nitrogens is 1. The zero-order chi connectivity index (χ0) is 13.7. The molecule has 1 N–H and O–H groups in total. The molecule has 100 valence electrons. The average molecular weight is 286 g/mol. The van der Waals surface area contributed by atoms with Gasteiger partial charge in [0.2, 0.25) is 0 Å². The third kappa shape index (κ3) is 1.76. The van der Waals surface area contributed by atoms with Crippen molar-refractivity contribution in [3.8, 4) is 5.69 Å². The lowest BCUT2D eigenvalue weighted by Gasteiger charge is -2.07. The van der Waals surface area contributed by atoms with Crippen LogP contribution >= 0.6 is 11.6 Å². The van der Waals surface area contributed by atoms with Crippen LogP contribution in [0.2, 0.25) is 5.15 Å². The van der Waals surface area contributed by atoms with E-state index in [1.165, 1.54) is 24.7 Å². The second kappa shape index (κ2) is 4.21. The molecule has 20 heavy (non-hydrogen) atoms. The monoisotopic (exact) mass is 285 g/mol. The lowest BCUT2D eigenvalue weighted by Crippen LogP contribution is -2.06. The van der Waals surface area contributed by atoms with Gasteiger partial charge in [-0.25, -0.2) is 4.98 Å². The molecule has 1 fully saturated rings. The molecule has 4 nitrogen and oxygen atoms in total. The number of halogens is 1. The molecule has 3 aromatic rings. The molecule has 0 amide bonds. The molecule has 2 aromatic heterocycles. The molecule has 0 radical (unpaired) electrons. The van der Waals surface area contributed by atoms with Crippen molar-refractivity contribution in [3.63, 3.8) is 0 Å². The van der Waals surface area contributed by atoms with Crippen molar-refractivity contribution in [2.45, 2.75) is 18.8 Å². The minimum absolute atomic E-state index is 0.176. The van der Waals surface area contributed by atoms with Crippen molar-refractivity contribution in [1.82, 2.24) is 14.5 Å². The Morgan fingerprint density at radius 3 is 2.70 bits per heavy atom. The van der Waals surface area contributed by atoms with Gasteiger partial charge in [0.15, 0.2) is 5.65 Å². The molecule has 0 aliphatic heterocycles. The number of rotatable bonds is 2. The van der Waals surface area contributed by atoms with E-state index in [0.717, 1.165) is 11.6 Å².